The van der Waals surface area contributed by atoms with Crippen LogP contribution in [0.4, 0.5) is 5.69 Å². The van der Waals surface area contributed by atoms with Crippen LogP contribution in [0.15, 0.2) is 54.6 Å². The van der Waals surface area contributed by atoms with E-state index in [1.807, 2.05) is 61.5 Å². The Labute approximate surface area is 169 Å². The van der Waals surface area contributed by atoms with Crippen LogP contribution < -0.4 is 4.90 Å². The Balaban J connectivity index is 1.49. The third-order valence-electron chi connectivity index (χ3n) is 5.23. The second kappa shape index (κ2) is 7.91. The molecule has 6 heteroatoms. The number of rotatable bonds is 4. The number of ether oxygens (including phenoxy) is 1. The molecule has 1 aromatic heterocycles. The maximum absolute atomic E-state index is 12.7. The monoisotopic (exact) mass is 389 g/mol. The molecule has 0 saturated heterocycles. The van der Waals surface area contributed by atoms with Gasteiger partial charge in [-0.25, -0.2) is 9.48 Å². The van der Waals surface area contributed by atoms with E-state index >= 15 is 0 Å². The number of carbonyl (C=O) groups excluding carboxylic acids is 2. The molecular weight excluding hydrogens is 366 g/mol. The van der Waals surface area contributed by atoms with Gasteiger partial charge in [0.25, 0.3) is 5.91 Å². The molecule has 0 N–H and O–H groups in total. The topological polar surface area (TPSA) is 64.4 Å². The maximum atomic E-state index is 12.7. The summed E-state index contributed by atoms with van der Waals surface area (Å²) in [4.78, 5) is 27.1. The quantitative estimate of drug-likeness (QED) is 0.639. The summed E-state index contributed by atoms with van der Waals surface area (Å²) in [6.07, 6.45) is 1.86. The first-order chi connectivity index (χ1) is 14.1. The van der Waals surface area contributed by atoms with Gasteiger partial charge in [0.2, 0.25) is 0 Å². The van der Waals surface area contributed by atoms with Crippen LogP contribution in [0.5, 0.6) is 0 Å². The SMILES string of the molecule is Cc1nn(-c2ccccc2)c(C)c1C(=O)OCC(=O)N1CCCc2ccccc21. The summed E-state index contributed by atoms with van der Waals surface area (Å²) in [6.45, 7) is 3.94. The molecule has 0 fully saturated rings. The molecule has 4 rings (SSSR count). The van der Waals surface area contributed by atoms with Crippen LogP contribution in [-0.4, -0.2) is 34.8 Å². The number of hydrogen-bond acceptors (Lipinski definition) is 4. The van der Waals surface area contributed by atoms with Gasteiger partial charge in [-0.05, 0) is 50.5 Å². The first-order valence-electron chi connectivity index (χ1n) is 9.73. The Bertz CT molecular complexity index is 1060. The minimum absolute atomic E-state index is 0.212. The maximum Gasteiger partial charge on any atom is 0.342 e. The molecule has 1 aliphatic heterocycles. The Morgan fingerprint density at radius 1 is 1.03 bits per heavy atom. The molecule has 0 bridgehead atoms. The lowest BCUT2D eigenvalue weighted by molar-refractivity contribution is -0.121. The Hall–Kier alpha value is -3.41. The van der Waals surface area contributed by atoms with Gasteiger partial charge in [-0.1, -0.05) is 36.4 Å². The number of benzene rings is 2. The first-order valence-corrected chi connectivity index (χ1v) is 9.73. The minimum Gasteiger partial charge on any atom is -0.452 e. The van der Waals surface area contributed by atoms with Crippen LogP contribution >= 0.6 is 0 Å². The minimum atomic E-state index is -0.527. The third-order valence-corrected chi connectivity index (χ3v) is 5.23. The third kappa shape index (κ3) is 3.66. The molecule has 148 valence electrons. The van der Waals surface area contributed by atoms with E-state index in [1.165, 1.54) is 0 Å². The summed E-state index contributed by atoms with van der Waals surface area (Å²) >= 11 is 0. The molecule has 0 atom stereocenters. The van der Waals surface area contributed by atoms with Crippen LogP contribution in [-0.2, 0) is 16.0 Å². The van der Waals surface area contributed by atoms with Crippen LogP contribution in [0.1, 0.15) is 33.7 Å². The predicted molar refractivity (Wildman–Crippen MR) is 110 cm³/mol. The molecule has 29 heavy (non-hydrogen) atoms. The van der Waals surface area contributed by atoms with Crippen molar-refractivity contribution in [3.8, 4) is 5.69 Å². The highest BCUT2D eigenvalue weighted by Crippen LogP contribution is 2.27. The number of carbonyl (C=O) groups is 2. The molecule has 3 aromatic rings. The number of amides is 1. The number of fused-ring (bicyclic) bond motifs is 1. The average molecular weight is 389 g/mol. The van der Waals surface area contributed by atoms with E-state index < -0.39 is 5.97 Å². The Morgan fingerprint density at radius 3 is 2.55 bits per heavy atom. The smallest absolute Gasteiger partial charge is 0.342 e. The zero-order valence-electron chi connectivity index (χ0n) is 16.6. The zero-order chi connectivity index (χ0) is 20.4. The molecule has 1 amide bonds. The van der Waals surface area contributed by atoms with Crippen LogP contribution in [0.2, 0.25) is 0 Å². The fourth-order valence-electron chi connectivity index (χ4n) is 3.83. The molecular formula is C23H23N3O3. The lowest BCUT2D eigenvalue weighted by Crippen LogP contribution is -2.38. The van der Waals surface area contributed by atoms with Gasteiger partial charge in [0.1, 0.15) is 5.56 Å². The van der Waals surface area contributed by atoms with Crippen LogP contribution in [0, 0.1) is 13.8 Å². The van der Waals surface area contributed by atoms with E-state index in [4.69, 9.17) is 4.74 Å². The Kier molecular flexibility index (Phi) is 5.16. The van der Waals surface area contributed by atoms with Crippen molar-refractivity contribution in [2.24, 2.45) is 0 Å². The normalized spacial score (nSPS) is 13.1. The average Bonchev–Trinajstić information content (AvgIpc) is 3.06. The number of hydrogen-bond donors (Lipinski definition) is 0. The summed E-state index contributed by atoms with van der Waals surface area (Å²) in [5, 5.41) is 4.47. The van der Waals surface area contributed by atoms with E-state index in [9.17, 15) is 9.59 Å². The van der Waals surface area contributed by atoms with Crippen LogP contribution in [0.25, 0.3) is 5.69 Å². The summed E-state index contributed by atoms with van der Waals surface area (Å²) < 4.78 is 7.10. The molecule has 0 saturated carbocycles. The number of nitrogens with zero attached hydrogens (tertiary/aromatic N) is 3. The van der Waals surface area contributed by atoms with Gasteiger partial charge >= 0.3 is 5.97 Å². The van der Waals surface area contributed by atoms with Crippen molar-refractivity contribution in [1.82, 2.24) is 9.78 Å². The number of aryl methyl sites for hydroxylation is 2. The molecule has 0 unspecified atom stereocenters. The molecule has 0 aliphatic carbocycles. The lowest BCUT2D eigenvalue weighted by atomic mass is 10.0. The van der Waals surface area contributed by atoms with E-state index in [0.717, 1.165) is 29.8 Å². The van der Waals surface area contributed by atoms with Gasteiger partial charge in [0, 0.05) is 12.2 Å². The van der Waals surface area contributed by atoms with Gasteiger partial charge < -0.3 is 9.64 Å². The number of para-hydroxylation sites is 2. The summed E-state index contributed by atoms with van der Waals surface area (Å²) in [5.74, 6) is -0.739. The molecule has 2 heterocycles. The number of aromatic nitrogens is 2. The van der Waals surface area contributed by atoms with Crippen molar-refractivity contribution in [3.05, 3.63) is 77.1 Å². The molecule has 2 aromatic carbocycles. The predicted octanol–water partition coefficient (Wildman–Crippen LogP) is 3.63. The summed E-state index contributed by atoms with van der Waals surface area (Å²) in [6, 6.07) is 17.5. The zero-order valence-corrected chi connectivity index (χ0v) is 16.6. The van der Waals surface area contributed by atoms with E-state index in [1.54, 1.807) is 16.5 Å². The lowest BCUT2D eigenvalue weighted by Gasteiger charge is -2.29. The van der Waals surface area contributed by atoms with E-state index in [0.29, 0.717) is 23.5 Å². The fraction of sp³-hybridized carbons (Fsp3) is 0.261. The van der Waals surface area contributed by atoms with Gasteiger partial charge in [-0.2, -0.15) is 5.10 Å². The highest BCUT2D eigenvalue weighted by Gasteiger charge is 2.25. The van der Waals surface area contributed by atoms with Gasteiger partial charge in [-0.3, -0.25) is 4.79 Å². The molecule has 0 spiro atoms. The fourth-order valence-corrected chi connectivity index (χ4v) is 3.83. The Morgan fingerprint density at radius 2 is 1.76 bits per heavy atom. The highest BCUT2D eigenvalue weighted by molar-refractivity contribution is 5.98. The van der Waals surface area contributed by atoms with Crippen molar-refractivity contribution in [2.45, 2.75) is 26.7 Å². The van der Waals surface area contributed by atoms with Crippen molar-refractivity contribution >= 4 is 17.6 Å². The van der Waals surface area contributed by atoms with Crippen molar-refractivity contribution in [3.63, 3.8) is 0 Å². The van der Waals surface area contributed by atoms with Crippen molar-refractivity contribution in [2.75, 3.05) is 18.1 Å². The molecule has 0 radical (unpaired) electrons. The van der Waals surface area contributed by atoms with Crippen molar-refractivity contribution in [1.29, 1.82) is 0 Å². The second-order valence-corrected chi connectivity index (χ2v) is 7.15. The van der Waals surface area contributed by atoms with Gasteiger partial charge in [-0.15, -0.1) is 0 Å². The number of anilines is 1. The summed E-state index contributed by atoms with van der Waals surface area (Å²) in [7, 11) is 0. The largest absolute Gasteiger partial charge is 0.452 e. The first kappa shape index (κ1) is 18.9. The second-order valence-electron chi connectivity index (χ2n) is 7.15. The summed E-state index contributed by atoms with van der Waals surface area (Å²) in [5.41, 5.74) is 4.59. The van der Waals surface area contributed by atoms with Gasteiger partial charge in [0.15, 0.2) is 6.61 Å². The highest BCUT2D eigenvalue weighted by atomic mass is 16.5. The molecule has 1 aliphatic rings. The number of esters is 1. The molecule has 6 nitrogen and oxygen atoms in total. The van der Waals surface area contributed by atoms with E-state index in [2.05, 4.69) is 5.10 Å². The van der Waals surface area contributed by atoms with Crippen LogP contribution in [0.3, 0.4) is 0 Å². The van der Waals surface area contributed by atoms with Crippen molar-refractivity contribution < 1.29 is 14.3 Å². The standard InChI is InChI=1S/C23H23N3O3/c1-16-22(17(2)26(24-16)19-11-4-3-5-12-19)23(28)29-15-21(27)25-14-8-10-18-9-6-7-13-20(18)25/h3-7,9,11-13H,8,10,14-15H2,1-2H3. The van der Waals surface area contributed by atoms with Gasteiger partial charge in [0.05, 0.1) is 17.1 Å². The van der Waals surface area contributed by atoms with E-state index in [-0.39, 0.29) is 12.5 Å².